The highest BCUT2D eigenvalue weighted by Gasteiger charge is 2.11. The molecule has 0 aliphatic rings. The van der Waals surface area contributed by atoms with E-state index < -0.39 is 0 Å². The van der Waals surface area contributed by atoms with E-state index in [1.54, 1.807) is 11.3 Å². The second-order valence-corrected chi connectivity index (χ2v) is 6.03. The standard InChI is InChI=1S/C12H16BrNS/c1-4-6-10(5-2)14-9(3)11-7-8-12(13)15-11/h2,7-10,14H,4,6H2,1,3H3. The molecule has 2 unspecified atom stereocenters. The zero-order valence-corrected chi connectivity index (χ0v) is 11.5. The molecule has 0 bridgehead atoms. The van der Waals surface area contributed by atoms with Gasteiger partial charge in [0.05, 0.1) is 9.83 Å². The highest BCUT2D eigenvalue weighted by molar-refractivity contribution is 9.11. The van der Waals surface area contributed by atoms with Crippen molar-refractivity contribution in [3.05, 3.63) is 20.8 Å². The molecule has 0 fully saturated rings. The Morgan fingerprint density at radius 3 is 2.80 bits per heavy atom. The van der Waals surface area contributed by atoms with Gasteiger partial charge in [-0.25, -0.2) is 0 Å². The van der Waals surface area contributed by atoms with Gasteiger partial charge >= 0.3 is 0 Å². The quantitative estimate of drug-likeness (QED) is 0.808. The van der Waals surface area contributed by atoms with Crippen molar-refractivity contribution < 1.29 is 0 Å². The molecule has 0 aliphatic heterocycles. The SMILES string of the molecule is C#CC(CCC)NC(C)c1ccc(Br)s1. The number of hydrogen-bond acceptors (Lipinski definition) is 2. The van der Waals surface area contributed by atoms with E-state index in [0.29, 0.717) is 6.04 Å². The molecule has 1 nitrogen and oxygen atoms in total. The van der Waals surface area contributed by atoms with Crippen LogP contribution in [0.25, 0.3) is 0 Å². The van der Waals surface area contributed by atoms with E-state index in [0.717, 1.165) is 12.8 Å². The molecule has 1 aromatic heterocycles. The molecular formula is C12H16BrNS. The summed E-state index contributed by atoms with van der Waals surface area (Å²) in [5.41, 5.74) is 0. The van der Waals surface area contributed by atoms with Gasteiger partial charge in [-0.1, -0.05) is 19.3 Å². The van der Waals surface area contributed by atoms with Gasteiger partial charge in [-0.05, 0) is 41.4 Å². The molecule has 0 spiro atoms. The minimum Gasteiger partial charge on any atom is -0.296 e. The number of terminal acetylenes is 1. The number of thiophene rings is 1. The van der Waals surface area contributed by atoms with Crippen LogP contribution in [-0.4, -0.2) is 6.04 Å². The lowest BCUT2D eigenvalue weighted by atomic mass is 10.1. The van der Waals surface area contributed by atoms with Crippen molar-refractivity contribution >= 4 is 27.3 Å². The van der Waals surface area contributed by atoms with Gasteiger partial charge in [0.1, 0.15) is 0 Å². The molecule has 82 valence electrons. The van der Waals surface area contributed by atoms with Crippen LogP contribution in [0, 0.1) is 12.3 Å². The van der Waals surface area contributed by atoms with Crippen molar-refractivity contribution in [2.45, 2.75) is 38.8 Å². The predicted molar refractivity (Wildman–Crippen MR) is 71.1 cm³/mol. The predicted octanol–water partition coefficient (Wildman–Crippen LogP) is 3.96. The van der Waals surface area contributed by atoms with Crippen LogP contribution in [0.5, 0.6) is 0 Å². The van der Waals surface area contributed by atoms with Crippen LogP contribution in [0.1, 0.15) is 37.6 Å². The van der Waals surface area contributed by atoms with Crippen molar-refractivity contribution in [2.75, 3.05) is 0 Å². The fourth-order valence-electron chi connectivity index (χ4n) is 1.45. The van der Waals surface area contributed by atoms with E-state index in [-0.39, 0.29) is 6.04 Å². The Balaban J connectivity index is 2.55. The van der Waals surface area contributed by atoms with Gasteiger partial charge in [0.25, 0.3) is 0 Å². The van der Waals surface area contributed by atoms with Crippen LogP contribution in [0.15, 0.2) is 15.9 Å². The van der Waals surface area contributed by atoms with E-state index in [9.17, 15) is 0 Å². The van der Waals surface area contributed by atoms with Crippen molar-refractivity contribution in [3.8, 4) is 12.3 Å². The average molecular weight is 286 g/mol. The van der Waals surface area contributed by atoms with Crippen molar-refractivity contribution in [1.82, 2.24) is 5.32 Å². The molecule has 3 heteroatoms. The molecule has 0 amide bonds. The van der Waals surface area contributed by atoms with Crippen LogP contribution >= 0.6 is 27.3 Å². The summed E-state index contributed by atoms with van der Waals surface area (Å²) in [4.78, 5) is 1.32. The fraction of sp³-hybridized carbons (Fsp3) is 0.500. The van der Waals surface area contributed by atoms with Gasteiger partial charge in [0.15, 0.2) is 0 Å². The van der Waals surface area contributed by atoms with Crippen LogP contribution < -0.4 is 5.32 Å². The molecular weight excluding hydrogens is 270 g/mol. The Labute approximate surface area is 104 Å². The van der Waals surface area contributed by atoms with E-state index in [1.165, 1.54) is 8.66 Å². The van der Waals surface area contributed by atoms with E-state index in [4.69, 9.17) is 6.42 Å². The van der Waals surface area contributed by atoms with Crippen LogP contribution in [0.3, 0.4) is 0 Å². The second kappa shape index (κ2) is 6.32. The molecule has 1 N–H and O–H groups in total. The lowest BCUT2D eigenvalue weighted by molar-refractivity contribution is 0.500. The monoisotopic (exact) mass is 285 g/mol. The van der Waals surface area contributed by atoms with E-state index in [1.807, 2.05) is 0 Å². The Morgan fingerprint density at radius 2 is 2.33 bits per heavy atom. The zero-order valence-electron chi connectivity index (χ0n) is 9.09. The summed E-state index contributed by atoms with van der Waals surface area (Å²) in [5, 5.41) is 3.45. The fourth-order valence-corrected chi connectivity index (χ4v) is 2.88. The van der Waals surface area contributed by atoms with Crippen LogP contribution in [-0.2, 0) is 0 Å². The number of halogens is 1. The van der Waals surface area contributed by atoms with Crippen molar-refractivity contribution in [3.63, 3.8) is 0 Å². The topological polar surface area (TPSA) is 12.0 Å². The summed E-state index contributed by atoms with van der Waals surface area (Å²) >= 11 is 5.22. The molecule has 1 rings (SSSR count). The molecule has 0 saturated carbocycles. The summed E-state index contributed by atoms with van der Waals surface area (Å²) < 4.78 is 1.17. The Kier molecular flexibility index (Phi) is 5.38. The van der Waals surface area contributed by atoms with Crippen molar-refractivity contribution in [1.29, 1.82) is 0 Å². The van der Waals surface area contributed by atoms with Crippen LogP contribution in [0.4, 0.5) is 0 Å². The minimum absolute atomic E-state index is 0.186. The maximum absolute atomic E-state index is 5.47. The second-order valence-electron chi connectivity index (χ2n) is 3.54. The van der Waals surface area contributed by atoms with Gasteiger partial charge in [-0.15, -0.1) is 17.8 Å². The first-order chi connectivity index (χ1) is 7.17. The molecule has 0 radical (unpaired) electrons. The first-order valence-electron chi connectivity index (χ1n) is 5.14. The average Bonchev–Trinajstić information content (AvgIpc) is 2.64. The summed E-state index contributed by atoms with van der Waals surface area (Å²) in [5.74, 6) is 2.79. The lowest BCUT2D eigenvalue weighted by Crippen LogP contribution is -2.29. The number of hydrogen-bond donors (Lipinski definition) is 1. The van der Waals surface area contributed by atoms with E-state index >= 15 is 0 Å². The molecule has 0 saturated heterocycles. The van der Waals surface area contributed by atoms with E-state index in [2.05, 4.69) is 53.1 Å². The Bertz CT molecular complexity index is 340. The maximum Gasteiger partial charge on any atom is 0.0701 e. The minimum atomic E-state index is 0.186. The molecule has 15 heavy (non-hydrogen) atoms. The smallest absolute Gasteiger partial charge is 0.0701 e. The number of rotatable bonds is 5. The van der Waals surface area contributed by atoms with Gasteiger partial charge in [0.2, 0.25) is 0 Å². The number of nitrogens with one attached hydrogen (secondary N) is 1. The van der Waals surface area contributed by atoms with Gasteiger partial charge < -0.3 is 0 Å². The summed E-state index contributed by atoms with van der Waals surface area (Å²) in [6.07, 6.45) is 7.62. The lowest BCUT2D eigenvalue weighted by Gasteiger charge is -2.17. The Hall–Kier alpha value is -0.300. The Morgan fingerprint density at radius 1 is 1.60 bits per heavy atom. The molecule has 0 aromatic carbocycles. The first-order valence-corrected chi connectivity index (χ1v) is 6.75. The highest BCUT2D eigenvalue weighted by Crippen LogP contribution is 2.27. The maximum atomic E-state index is 5.47. The zero-order chi connectivity index (χ0) is 11.3. The molecule has 1 heterocycles. The summed E-state index contributed by atoms with van der Waals surface area (Å²) in [6, 6.07) is 4.72. The molecule has 2 atom stereocenters. The highest BCUT2D eigenvalue weighted by atomic mass is 79.9. The van der Waals surface area contributed by atoms with Crippen molar-refractivity contribution in [2.24, 2.45) is 0 Å². The third-order valence-corrected chi connectivity index (χ3v) is 4.06. The summed E-state index contributed by atoms with van der Waals surface area (Å²) in [6.45, 7) is 4.30. The molecule has 1 aromatic rings. The molecule has 0 aliphatic carbocycles. The van der Waals surface area contributed by atoms with Crippen LogP contribution in [0.2, 0.25) is 0 Å². The van der Waals surface area contributed by atoms with Gasteiger partial charge in [-0.2, -0.15) is 0 Å². The third-order valence-electron chi connectivity index (χ3n) is 2.25. The third kappa shape index (κ3) is 3.98. The van der Waals surface area contributed by atoms with Gasteiger partial charge in [-0.3, -0.25) is 5.32 Å². The van der Waals surface area contributed by atoms with Gasteiger partial charge in [0, 0.05) is 10.9 Å². The largest absolute Gasteiger partial charge is 0.296 e. The summed E-state index contributed by atoms with van der Waals surface area (Å²) in [7, 11) is 0. The normalized spacial score (nSPS) is 14.5. The first kappa shape index (κ1) is 12.8.